The summed E-state index contributed by atoms with van der Waals surface area (Å²) in [5.41, 5.74) is 1.12. The summed E-state index contributed by atoms with van der Waals surface area (Å²) in [6.45, 7) is 4.90. The van der Waals surface area contributed by atoms with E-state index in [0.717, 1.165) is 30.7 Å². The zero-order valence-electron chi connectivity index (χ0n) is 23.3. The van der Waals surface area contributed by atoms with Crippen LogP contribution in [0, 0.1) is 11.3 Å². The zero-order chi connectivity index (χ0) is 28.0. The summed E-state index contributed by atoms with van der Waals surface area (Å²) in [7, 11) is 2.87. The third-order valence-electron chi connectivity index (χ3n) is 8.28. The molecule has 4 rings (SSSR count). The Bertz CT molecular complexity index is 1260. The lowest BCUT2D eigenvalue weighted by Crippen LogP contribution is -2.52. The van der Waals surface area contributed by atoms with Gasteiger partial charge >= 0.3 is 11.8 Å². The van der Waals surface area contributed by atoms with Crippen LogP contribution < -0.4 is 16.0 Å². The average molecular weight is 533 g/mol. The van der Waals surface area contributed by atoms with Gasteiger partial charge in [-0.3, -0.25) is 19.2 Å². The summed E-state index contributed by atoms with van der Waals surface area (Å²) in [5.74, 6) is -1.48. The number of nitrogens with zero attached hydrogens (tertiary/aromatic N) is 1. The minimum absolute atomic E-state index is 0.0293. The summed E-state index contributed by atoms with van der Waals surface area (Å²) in [6.07, 6.45) is 11.1. The molecule has 0 spiro atoms. The van der Waals surface area contributed by atoms with Crippen LogP contribution in [-0.2, 0) is 24.8 Å². The molecule has 0 heterocycles. The van der Waals surface area contributed by atoms with Gasteiger partial charge in [-0.1, -0.05) is 67.6 Å². The number of nitrogens with one attached hydrogen (secondary N) is 3. The highest BCUT2D eigenvalue weighted by Crippen LogP contribution is 2.50. The predicted octanol–water partition coefficient (Wildman–Crippen LogP) is 3.59. The first kappa shape index (κ1) is 28.5. The fraction of sp³-hybridized carbons (Fsp3) is 0.452. The molecule has 0 aliphatic heterocycles. The SMILES string of the molecule is CON(C)C(=O)/C=C/CNC(=O)C(=O)NCC1(C)CC=CCC1C(C)NC1(c2cccc3ccccc23)CC1. The number of hydrogen-bond donors (Lipinski definition) is 3. The van der Waals surface area contributed by atoms with Gasteiger partial charge in [-0.25, -0.2) is 5.06 Å². The van der Waals surface area contributed by atoms with Crippen LogP contribution in [0.1, 0.15) is 45.1 Å². The molecule has 3 unspecified atom stereocenters. The molecule has 8 heteroatoms. The van der Waals surface area contributed by atoms with Gasteiger partial charge in [-0.2, -0.15) is 0 Å². The molecule has 0 saturated heterocycles. The minimum atomic E-state index is -0.724. The smallest absolute Gasteiger partial charge is 0.309 e. The standard InChI is InChI=1S/C31H40N4O4/c1-22(34-31(18-19-31)26-15-9-12-23-11-5-6-13-24(23)26)25-14-7-8-17-30(25,2)21-33-29(38)28(37)32-20-10-16-27(36)35(3)39-4/h5-13,15-16,22,25,34H,14,17-21H2,1-4H3,(H,32,37)(H,33,38)/b16-10+. The van der Waals surface area contributed by atoms with Gasteiger partial charge in [-0.15, -0.1) is 0 Å². The van der Waals surface area contributed by atoms with Crippen LogP contribution >= 0.6 is 0 Å². The molecule has 2 aliphatic rings. The summed E-state index contributed by atoms with van der Waals surface area (Å²) in [4.78, 5) is 41.4. The summed E-state index contributed by atoms with van der Waals surface area (Å²) < 4.78 is 0. The Morgan fingerprint density at radius 1 is 1.08 bits per heavy atom. The van der Waals surface area contributed by atoms with Crippen LogP contribution in [0.4, 0.5) is 0 Å². The quantitative estimate of drug-likeness (QED) is 0.188. The molecular weight excluding hydrogens is 492 g/mol. The second kappa shape index (κ2) is 12.1. The zero-order valence-corrected chi connectivity index (χ0v) is 23.3. The number of hydroxylamine groups is 2. The monoisotopic (exact) mass is 532 g/mol. The van der Waals surface area contributed by atoms with Crippen molar-refractivity contribution in [2.24, 2.45) is 11.3 Å². The van der Waals surface area contributed by atoms with Gasteiger partial charge in [0.2, 0.25) is 0 Å². The second-order valence-corrected chi connectivity index (χ2v) is 11.0. The van der Waals surface area contributed by atoms with Crippen molar-refractivity contribution >= 4 is 28.5 Å². The lowest BCUT2D eigenvalue weighted by atomic mass is 9.67. The predicted molar refractivity (Wildman–Crippen MR) is 152 cm³/mol. The van der Waals surface area contributed by atoms with E-state index in [0.29, 0.717) is 6.54 Å². The van der Waals surface area contributed by atoms with Gasteiger partial charge in [0.25, 0.3) is 5.91 Å². The highest BCUT2D eigenvalue weighted by molar-refractivity contribution is 6.35. The molecule has 208 valence electrons. The number of benzene rings is 2. The number of rotatable bonds is 10. The number of amides is 3. The maximum absolute atomic E-state index is 12.6. The van der Waals surface area contributed by atoms with E-state index in [9.17, 15) is 14.4 Å². The molecule has 2 aliphatic carbocycles. The molecule has 2 aromatic carbocycles. The number of carbonyl (C=O) groups excluding carboxylic acids is 3. The molecule has 8 nitrogen and oxygen atoms in total. The number of hydrogen-bond acceptors (Lipinski definition) is 5. The first-order chi connectivity index (χ1) is 18.7. The fourth-order valence-corrected chi connectivity index (χ4v) is 5.79. The summed E-state index contributed by atoms with van der Waals surface area (Å²) >= 11 is 0. The van der Waals surface area contributed by atoms with Crippen molar-refractivity contribution in [1.82, 2.24) is 21.0 Å². The summed E-state index contributed by atoms with van der Waals surface area (Å²) in [5, 5.41) is 13.0. The largest absolute Gasteiger partial charge is 0.347 e. The van der Waals surface area contributed by atoms with Crippen LogP contribution in [0.5, 0.6) is 0 Å². The first-order valence-electron chi connectivity index (χ1n) is 13.6. The lowest BCUT2D eigenvalue weighted by molar-refractivity contribution is -0.162. The van der Waals surface area contributed by atoms with E-state index in [1.807, 2.05) is 0 Å². The third-order valence-corrected chi connectivity index (χ3v) is 8.28. The van der Waals surface area contributed by atoms with Gasteiger partial charge in [0, 0.05) is 37.8 Å². The van der Waals surface area contributed by atoms with Crippen molar-refractivity contribution < 1.29 is 19.2 Å². The maximum atomic E-state index is 12.6. The maximum Gasteiger partial charge on any atom is 0.309 e. The van der Waals surface area contributed by atoms with Gasteiger partial charge < -0.3 is 16.0 Å². The average Bonchev–Trinajstić information content (AvgIpc) is 3.73. The number of allylic oxidation sites excluding steroid dienone is 2. The van der Waals surface area contributed by atoms with Crippen LogP contribution in [0.25, 0.3) is 10.8 Å². The summed E-state index contributed by atoms with van der Waals surface area (Å²) in [6, 6.07) is 15.3. The third kappa shape index (κ3) is 6.57. The van der Waals surface area contributed by atoms with Crippen molar-refractivity contribution in [2.75, 3.05) is 27.2 Å². The van der Waals surface area contributed by atoms with Gasteiger partial charge in [-0.05, 0) is 60.3 Å². The Kier molecular flexibility index (Phi) is 8.87. The van der Waals surface area contributed by atoms with E-state index in [-0.39, 0.29) is 35.4 Å². The molecule has 3 atom stereocenters. The molecular formula is C31H40N4O4. The molecule has 2 aromatic rings. The Hall–Kier alpha value is -3.49. The van der Waals surface area contributed by atoms with Crippen molar-refractivity contribution in [2.45, 2.75) is 51.1 Å². The van der Waals surface area contributed by atoms with Crippen molar-refractivity contribution in [1.29, 1.82) is 0 Å². The second-order valence-electron chi connectivity index (χ2n) is 11.0. The number of likely N-dealkylation sites (N-methyl/N-ethyl adjacent to an activating group) is 1. The lowest BCUT2D eigenvalue weighted by Gasteiger charge is -2.44. The Balaban J connectivity index is 1.35. The molecule has 1 fully saturated rings. The van der Waals surface area contributed by atoms with Crippen molar-refractivity contribution in [3.05, 3.63) is 72.3 Å². The van der Waals surface area contributed by atoms with E-state index in [1.165, 1.54) is 42.6 Å². The van der Waals surface area contributed by atoms with Gasteiger partial charge in [0.05, 0.1) is 7.11 Å². The van der Waals surface area contributed by atoms with E-state index in [2.05, 4.69) is 84.4 Å². The first-order valence-corrected chi connectivity index (χ1v) is 13.6. The molecule has 0 radical (unpaired) electrons. The van der Waals surface area contributed by atoms with E-state index >= 15 is 0 Å². The Labute approximate surface area is 230 Å². The van der Waals surface area contributed by atoms with Crippen LogP contribution in [-0.4, -0.2) is 56.1 Å². The number of fused-ring (bicyclic) bond motifs is 1. The highest BCUT2D eigenvalue weighted by Gasteiger charge is 2.48. The molecule has 1 saturated carbocycles. The van der Waals surface area contributed by atoms with Crippen LogP contribution in [0.3, 0.4) is 0 Å². The molecule has 0 aromatic heterocycles. The highest BCUT2D eigenvalue weighted by atomic mass is 16.7. The van der Waals surface area contributed by atoms with E-state index in [1.54, 1.807) is 0 Å². The van der Waals surface area contributed by atoms with Gasteiger partial charge in [0.15, 0.2) is 0 Å². The van der Waals surface area contributed by atoms with Crippen LogP contribution in [0.15, 0.2) is 66.8 Å². The molecule has 3 N–H and O–H groups in total. The topological polar surface area (TPSA) is 99.8 Å². The fourth-order valence-electron chi connectivity index (χ4n) is 5.79. The minimum Gasteiger partial charge on any atom is -0.347 e. The van der Waals surface area contributed by atoms with Crippen molar-refractivity contribution in [3.63, 3.8) is 0 Å². The van der Waals surface area contributed by atoms with Gasteiger partial charge in [0.1, 0.15) is 0 Å². The van der Waals surface area contributed by atoms with Crippen molar-refractivity contribution in [3.8, 4) is 0 Å². The molecule has 3 amide bonds. The van der Waals surface area contributed by atoms with Crippen LogP contribution in [0.2, 0.25) is 0 Å². The Morgan fingerprint density at radius 2 is 1.79 bits per heavy atom. The van der Waals surface area contributed by atoms with E-state index < -0.39 is 11.8 Å². The normalized spacial score (nSPS) is 22.4. The molecule has 39 heavy (non-hydrogen) atoms. The Morgan fingerprint density at radius 3 is 2.54 bits per heavy atom. The number of carbonyl (C=O) groups is 3. The molecule has 0 bridgehead atoms. The van der Waals surface area contributed by atoms with E-state index in [4.69, 9.17) is 4.84 Å².